The Morgan fingerprint density at radius 2 is 1.24 bits per heavy atom. The van der Waals surface area contributed by atoms with Crippen molar-refractivity contribution in [2.24, 2.45) is 17.8 Å². The molecule has 0 aliphatic carbocycles. The van der Waals surface area contributed by atoms with Gasteiger partial charge in [0.1, 0.15) is 18.2 Å². The van der Waals surface area contributed by atoms with E-state index in [0.29, 0.717) is 32.7 Å². The predicted molar refractivity (Wildman–Crippen MR) is 215 cm³/mol. The second kappa shape index (κ2) is 23.4. The van der Waals surface area contributed by atoms with Crippen molar-refractivity contribution in [1.82, 2.24) is 36.2 Å². The van der Waals surface area contributed by atoms with E-state index in [1.807, 2.05) is 71.9 Å². The van der Waals surface area contributed by atoms with Gasteiger partial charge in [0.25, 0.3) is 5.91 Å². The van der Waals surface area contributed by atoms with E-state index in [0.717, 1.165) is 28.6 Å². The average molecular weight is 808 g/mol. The van der Waals surface area contributed by atoms with Gasteiger partial charge in [0, 0.05) is 55.7 Å². The normalized spacial score (nSPS) is 17.0. The summed E-state index contributed by atoms with van der Waals surface area (Å²) >= 11 is 3.54. The fourth-order valence-electron chi connectivity index (χ4n) is 6.20. The maximum atomic E-state index is 14.2. The lowest BCUT2D eigenvalue weighted by atomic mass is 9.98. The van der Waals surface area contributed by atoms with Gasteiger partial charge in [-0.05, 0) is 29.7 Å². The SMILES string of the molecule is CC(C)CN(CC(OC(=O)CCC(=O)O)C(Cc1ccccc1)NC(=O)[C@@H](NC(=O)N1CCSCC1)C(C)C)NC(=O)[C@@H](NC(=O)N1CCSCC1)C(C)C. The molecule has 2 aliphatic rings. The molecule has 17 heteroatoms. The molecule has 0 radical (unpaired) electrons. The fourth-order valence-corrected chi connectivity index (χ4v) is 8.01. The number of esters is 1. The molecular formula is C38H61N7O8S2. The fraction of sp³-hybridized carbons (Fsp3) is 0.684. The molecule has 2 aliphatic heterocycles. The van der Waals surface area contributed by atoms with Crippen LogP contribution >= 0.6 is 23.5 Å². The van der Waals surface area contributed by atoms with Gasteiger partial charge in [-0.3, -0.25) is 24.6 Å². The zero-order chi connectivity index (χ0) is 40.5. The van der Waals surface area contributed by atoms with Crippen molar-refractivity contribution in [2.75, 3.05) is 62.3 Å². The summed E-state index contributed by atoms with van der Waals surface area (Å²) in [6.45, 7) is 13.8. The van der Waals surface area contributed by atoms with E-state index < -0.39 is 60.8 Å². The number of nitrogens with zero attached hydrogens (tertiary/aromatic N) is 3. The highest BCUT2D eigenvalue weighted by Gasteiger charge is 2.35. The lowest BCUT2D eigenvalue weighted by Crippen LogP contribution is -2.61. The topological polar surface area (TPSA) is 190 Å². The second-order valence-corrected chi connectivity index (χ2v) is 17.5. The Kier molecular flexibility index (Phi) is 19.4. The minimum Gasteiger partial charge on any atom is -0.481 e. The lowest BCUT2D eigenvalue weighted by molar-refractivity contribution is -0.156. The molecule has 0 saturated carbocycles. The van der Waals surface area contributed by atoms with Crippen LogP contribution in [0.3, 0.4) is 0 Å². The first kappa shape index (κ1) is 45.7. The summed E-state index contributed by atoms with van der Waals surface area (Å²) in [6, 6.07) is 6.02. The third-order valence-corrected chi connectivity index (χ3v) is 11.1. The molecule has 1 aromatic carbocycles. The summed E-state index contributed by atoms with van der Waals surface area (Å²) in [6.07, 6.45) is -1.71. The number of nitrogens with one attached hydrogen (secondary N) is 4. The summed E-state index contributed by atoms with van der Waals surface area (Å²) < 4.78 is 6.01. The molecule has 2 saturated heterocycles. The number of hydrogen-bond acceptors (Lipinski definition) is 10. The molecule has 2 fully saturated rings. The summed E-state index contributed by atoms with van der Waals surface area (Å²) in [7, 11) is 0. The van der Waals surface area contributed by atoms with Crippen LogP contribution in [0.4, 0.5) is 9.59 Å². The number of rotatable bonds is 19. The van der Waals surface area contributed by atoms with Crippen molar-refractivity contribution >= 4 is 59.3 Å². The Labute approximate surface area is 334 Å². The Bertz CT molecular complexity index is 1410. The van der Waals surface area contributed by atoms with Gasteiger partial charge in [0.2, 0.25) is 5.91 Å². The highest BCUT2D eigenvalue weighted by atomic mass is 32.2. The first-order valence-corrected chi connectivity index (χ1v) is 21.5. The van der Waals surface area contributed by atoms with Crippen LogP contribution < -0.4 is 21.4 Å². The van der Waals surface area contributed by atoms with Crippen LogP contribution in [0.1, 0.15) is 59.9 Å². The molecule has 308 valence electrons. The van der Waals surface area contributed by atoms with Crippen LogP contribution in [0.25, 0.3) is 0 Å². The monoisotopic (exact) mass is 807 g/mol. The number of amides is 6. The minimum atomic E-state index is -1.16. The maximum absolute atomic E-state index is 14.2. The van der Waals surface area contributed by atoms with E-state index in [9.17, 15) is 33.9 Å². The molecular weight excluding hydrogens is 747 g/mol. The van der Waals surface area contributed by atoms with E-state index >= 15 is 0 Å². The van der Waals surface area contributed by atoms with Gasteiger partial charge in [0.15, 0.2) is 0 Å². The van der Waals surface area contributed by atoms with Crippen molar-refractivity contribution in [3.05, 3.63) is 35.9 Å². The minimum absolute atomic E-state index is 0.0255. The van der Waals surface area contributed by atoms with Crippen molar-refractivity contribution in [2.45, 2.75) is 85.0 Å². The summed E-state index contributed by atoms with van der Waals surface area (Å²) in [5, 5.41) is 19.8. The van der Waals surface area contributed by atoms with Gasteiger partial charge in [-0.2, -0.15) is 23.5 Å². The van der Waals surface area contributed by atoms with Crippen molar-refractivity contribution in [3.8, 4) is 0 Å². The number of ether oxygens (including phenoxy) is 1. The van der Waals surface area contributed by atoms with Crippen LogP contribution in [-0.4, -0.2) is 142 Å². The van der Waals surface area contributed by atoms with Gasteiger partial charge in [0.05, 0.1) is 25.4 Å². The van der Waals surface area contributed by atoms with Gasteiger partial charge in [-0.1, -0.05) is 71.9 Å². The maximum Gasteiger partial charge on any atom is 0.318 e. The van der Waals surface area contributed by atoms with Crippen molar-refractivity contribution < 1.29 is 38.6 Å². The number of hydrazine groups is 1. The molecule has 4 atom stereocenters. The van der Waals surface area contributed by atoms with Crippen molar-refractivity contribution in [1.29, 1.82) is 0 Å². The third kappa shape index (κ3) is 16.1. The standard InChI is InChI=1S/C38H61N7O8S2/c1-25(2)23-45(42-36(50)34(27(5)6)41-38(52)44-16-20-55-21-17-44)24-30(53-32(48)13-12-31(46)47)29(22-28-10-8-7-9-11-28)39-35(49)33(26(3)4)40-37(51)43-14-18-54-19-15-43/h7-11,25-27,29-30,33-34H,12-24H2,1-6H3,(H,39,49)(H,40,51)(H,41,52)(H,42,50)(H,46,47)/t29?,30?,33-,34-/m0/s1. The molecule has 15 nitrogen and oxygen atoms in total. The summed E-state index contributed by atoms with van der Waals surface area (Å²) in [5.41, 5.74) is 3.79. The Hall–Kier alpha value is -3.70. The molecule has 0 spiro atoms. The number of aliphatic carboxylic acids is 1. The van der Waals surface area contributed by atoms with E-state index in [-0.39, 0.29) is 42.8 Å². The van der Waals surface area contributed by atoms with Crippen molar-refractivity contribution in [3.63, 3.8) is 0 Å². The van der Waals surface area contributed by atoms with E-state index in [1.165, 1.54) is 0 Å². The summed E-state index contributed by atoms with van der Waals surface area (Å²) in [4.78, 5) is 82.5. The van der Waals surface area contributed by atoms with Crippen LogP contribution in [0, 0.1) is 17.8 Å². The number of carbonyl (C=O) groups excluding carboxylic acids is 5. The molecule has 0 aromatic heterocycles. The van der Waals surface area contributed by atoms with Gasteiger partial charge >= 0.3 is 24.0 Å². The van der Waals surface area contributed by atoms with Crippen LogP contribution in [0.2, 0.25) is 0 Å². The van der Waals surface area contributed by atoms with E-state index in [1.54, 1.807) is 38.3 Å². The number of hydrogen-bond donors (Lipinski definition) is 5. The lowest BCUT2D eigenvalue weighted by Gasteiger charge is -2.36. The highest BCUT2D eigenvalue weighted by Crippen LogP contribution is 2.17. The number of benzene rings is 1. The zero-order valence-corrected chi connectivity index (χ0v) is 34.7. The number of carbonyl (C=O) groups is 6. The predicted octanol–water partition coefficient (Wildman–Crippen LogP) is 3.05. The molecule has 55 heavy (non-hydrogen) atoms. The molecule has 5 N–H and O–H groups in total. The van der Waals surface area contributed by atoms with Gasteiger partial charge in [-0.15, -0.1) is 0 Å². The van der Waals surface area contributed by atoms with Crippen LogP contribution in [0.15, 0.2) is 30.3 Å². The molecule has 2 heterocycles. The number of carboxylic acid groups (broad SMARTS) is 1. The number of thioether (sulfide) groups is 2. The van der Waals surface area contributed by atoms with Gasteiger partial charge in [-0.25, -0.2) is 14.6 Å². The third-order valence-electron chi connectivity index (χ3n) is 9.21. The Morgan fingerprint density at radius 3 is 1.71 bits per heavy atom. The number of carboxylic acids is 1. The highest BCUT2D eigenvalue weighted by molar-refractivity contribution is 7.99. The Balaban J connectivity index is 1.94. The largest absolute Gasteiger partial charge is 0.481 e. The smallest absolute Gasteiger partial charge is 0.318 e. The van der Waals surface area contributed by atoms with E-state index in [2.05, 4.69) is 21.4 Å². The Morgan fingerprint density at radius 1 is 0.727 bits per heavy atom. The quantitative estimate of drug-likeness (QED) is 0.102. The van der Waals surface area contributed by atoms with Crippen LogP contribution in [0.5, 0.6) is 0 Å². The van der Waals surface area contributed by atoms with Gasteiger partial charge < -0.3 is 35.6 Å². The molecule has 0 bridgehead atoms. The summed E-state index contributed by atoms with van der Waals surface area (Å²) in [5.74, 6) is -0.120. The zero-order valence-electron chi connectivity index (χ0n) is 33.1. The molecule has 3 rings (SSSR count). The molecule has 6 amide bonds. The number of urea groups is 2. The first-order valence-electron chi connectivity index (χ1n) is 19.2. The molecule has 2 unspecified atom stereocenters. The second-order valence-electron chi connectivity index (χ2n) is 15.0. The first-order chi connectivity index (χ1) is 26.1. The van der Waals surface area contributed by atoms with Crippen LogP contribution in [-0.2, 0) is 30.3 Å². The molecule has 1 aromatic rings. The average Bonchev–Trinajstić information content (AvgIpc) is 3.14. The van der Waals surface area contributed by atoms with E-state index in [4.69, 9.17) is 4.74 Å².